The van der Waals surface area contributed by atoms with Gasteiger partial charge in [-0.25, -0.2) is 0 Å². The highest BCUT2D eigenvalue weighted by Crippen LogP contribution is 2.37. The fraction of sp³-hybridized carbons (Fsp3) is 1.00. The number of rotatable bonds is 4. The van der Waals surface area contributed by atoms with Crippen LogP contribution in [-0.2, 0) is 0 Å². The summed E-state index contributed by atoms with van der Waals surface area (Å²) < 4.78 is 0. The van der Waals surface area contributed by atoms with Gasteiger partial charge in [-0.2, -0.15) is 0 Å². The Morgan fingerprint density at radius 2 is 1.75 bits per heavy atom. The molecule has 1 saturated carbocycles. The Bertz CT molecular complexity index is 109. The summed E-state index contributed by atoms with van der Waals surface area (Å²) in [5, 5.41) is 0. The molecule has 0 bridgehead atoms. The lowest BCUT2D eigenvalue weighted by Gasteiger charge is -2.26. The molecule has 0 amide bonds. The zero-order valence-electron chi connectivity index (χ0n) is 8.97. The van der Waals surface area contributed by atoms with E-state index in [1.807, 2.05) is 0 Å². The van der Waals surface area contributed by atoms with Crippen LogP contribution >= 0.6 is 0 Å². The molecule has 0 saturated heterocycles. The van der Waals surface area contributed by atoms with Crippen molar-refractivity contribution in [2.75, 3.05) is 0 Å². The number of hydrogen-bond acceptors (Lipinski definition) is 0. The average molecular weight is 168 g/mol. The van der Waals surface area contributed by atoms with Crippen LogP contribution in [0, 0.1) is 17.8 Å². The SMILES string of the molecule is CCCC(C(C)C)C1CCCC1. The molecule has 1 aliphatic rings. The van der Waals surface area contributed by atoms with Gasteiger partial charge in [0, 0.05) is 0 Å². The molecule has 1 aliphatic carbocycles. The molecule has 0 aromatic carbocycles. The van der Waals surface area contributed by atoms with Crippen LogP contribution in [0.5, 0.6) is 0 Å². The van der Waals surface area contributed by atoms with Gasteiger partial charge in [0.1, 0.15) is 0 Å². The highest BCUT2D eigenvalue weighted by molar-refractivity contribution is 4.77. The van der Waals surface area contributed by atoms with E-state index in [2.05, 4.69) is 20.8 Å². The van der Waals surface area contributed by atoms with Gasteiger partial charge in [-0.15, -0.1) is 0 Å². The molecule has 0 aromatic heterocycles. The van der Waals surface area contributed by atoms with E-state index in [0.717, 1.165) is 17.8 Å². The second-order valence-electron chi connectivity index (χ2n) is 4.74. The average Bonchev–Trinajstić information content (AvgIpc) is 2.51. The minimum atomic E-state index is 0.910. The molecule has 1 rings (SSSR count). The van der Waals surface area contributed by atoms with Crippen LogP contribution in [0.15, 0.2) is 0 Å². The van der Waals surface area contributed by atoms with Crippen molar-refractivity contribution < 1.29 is 0 Å². The lowest BCUT2D eigenvalue weighted by Crippen LogP contribution is -2.17. The largest absolute Gasteiger partial charge is 0.0654 e. The Morgan fingerprint density at radius 3 is 2.17 bits per heavy atom. The van der Waals surface area contributed by atoms with E-state index in [0.29, 0.717) is 0 Å². The van der Waals surface area contributed by atoms with Crippen molar-refractivity contribution >= 4 is 0 Å². The van der Waals surface area contributed by atoms with Gasteiger partial charge in [0.2, 0.25) is 0 Å². The van der Waals surface area contributed by atoms with E-state index in [-0.39, 0.29) is 0 Å². The molecule has 1 unspecified atom stereocenters. The van der Waals surface area contributed by atoms with Crippen molar-refractivity contribution in [3.05, 3.63) is 0 Å². The van der Waals surface area contributed by atoms with Crippen LogP contribution in [0.1, 0.15) is 59.3 Å². The summed E-state index contributed by atoms with van der Waals surface area (Å²) in [5.41, 5.74) is 0. The van der Waals surface area contributed by atoms with Gasteiger partial charge in [-0.05, 0) is 17.8 Å². The first-order valence-corrected chi connectivity index (χ1v) is 5.75. The first kappa shape index (κ1) is 10.1. The molecule has 0 heteroatoms. The maximum atomic E-state index is 2.40. The Labute approximate surface area is 77.7 Å². The summed E-state index contributed by atoms with van der Waals surface area (Å²) in [7, 11) is 0. The fourth-order valence-electron chi connectivity index (χ4n) is 2.83. The summed E-state index contributed by atoms with van der Waals surface area (Å²) >= 11 is 0. The van der Waals surface area contributed by atoms with E-state index in [1.54, 1.807) is 0 Å². The van der Waals surface area contributed by atoms with Crippen LogP contribution in [-0.4, -0.2) is 0 Å². The highest BCUT2D eigenvalue weighted by Gasteiger charge is 2.26. The van der Waals surface area contributed by atoms with Crippen molar-refractivity contribution in [1.29, 1.82) is 0 Å². The van der Waals surface area contributed by atoms with Gasteiger partial charge in [-0.1, -0.05) is 59.3 Å². The predicted molar refractivity (Wildman–Crippen MR) is 55.2 cm³/mol. The minimum absolute atomic E-state index is 0.910. The highest BCUT2D eigenvalue weighted by atomic mass is 14.3. The fourth-order valence-corrected chi connectivity index (χ4v) is 2.83. The van der Waals surface area contributed by atoms with E-state index < -0.39 is 0 Å². The van der Waals surface area contributed by atoms with Gasteiger partial charge in [0.15, 0.2) is 0 Å². The molecule has 0 aliphatic heterocycles. The van der Waals surface area contributed by atoms with Gasteiger partial charge in [0.05, 0.1) is 0 Å². The van der Waals surface area contributed by atoms with Gasteiger partial charge in [0.25, 0.3) is 0 Å². The van der Waals surface area contributed by atoms with Crippen LogP contribution in [0.4, 0.5) is 0 Å². The van der Waals surface area contributed by atoms with Crippen LogP contribution < -0.4 is 0 Å². The summed E-state index contributed by atoms with van der Waals surface area (Å²) in [6, 6.07) is 0. The van der Waals surface area contributed by atoms with E-state index >= 15 is 0 Å². The van der Waals surface area contributed by atoms with Crippen molar-refractivity contribution in [3.8, 4) is 0 Å². The molecule has 0 N–H and O–H groups in total. The topological polar surface area (TPSA) is 0 Å². The van der Waals surface area contributed by atoms with Gasteiger partial charge in [-0.3, -0.25) is 0 Å². The standard InChI is InChI=1S/C12H24/c1-4-7-12(10(2)3)11-8-5-6-9-11/h10-12H,4-9H2,1-3H3. The molecule has 72 valence electrons. The molecule has 0 heterocycles. The molecule has 0 aromatic rings. The second-order valence-corrected chi connectivity index (χ2v) is 4.74. The molecule has 12 heavy (non-hydrogen) atoms. The zero-order chi connectivity index (χ0) is 8.97. The summed E-state index contributed by atoms with van der Waals surface area (Å²) in [6.07, 6.45) is 8.86. The van der Waals surface area contributed by atoms with Crippen molar-refractivity contribution in [2.24, 2.45) is 17.8 Å². The third kappa shape index (κ3) is 2.50. The molecular formula is C12H24. The minimum Gasteiger partial charge on any atom is -0.0654 e. The first-order valence-electron chi connectivity index (χ1n) is 5.75. The Hall–Kier alpha value is 0. The first-order chi connectivity index (χ1) is 5.75. The zero-order valence-corrected chi connectivity index (χ0v) is 8.97. The Morgan fingerprint density at radius 1 is 1.17 bits per heavy atom. The summed E-state index contributed by atoms with van der Waals surface area (Å²) in [4.78, 5) is 0. The van der Waals surface area contributed by atoms with Gasteiger partial charge >= 0.3 is 0 Å². The van der Waals surface area contributed by atoms with E-state index in [1.165, 1.54) is 38.5 Å². The second kappa shape index (κ2) is 4.89. The molecule has 1 fully saturated rings. The molecule has 0 spiro atoms. The third-order valence-corrected chi connectivity index (χ3v) is 3.48. The lowest BCUT2D eigenvalue weighted by atomic mass is 9.79. The lowest BCUT2D eigenvalue weighted by molar-refractivity contribution is 0.239. The van der Waals surface area contributed by atoms with Gasteiger partial charge < -0.3 is 0 Å². The quantitative estimate of drug-likeness (QED) is 0.588. The molecular weight excluding hydrogens is 144 g/mol. The molecule has 0 nitrogen and oxygen atoms in total. The predicted octanol–water partition coefficient (Wildman–Crippen LogP) is 4.25. The smallest absolute Gasteiger partial charge is 0.0363 e. The Kier molecular flexibility index (Phi) is 4.11. The maximum Gasteiger partial charge on any atom is -0.0363 e. The van der Waals surface area contributed by atoms with Crippen molar-refractivity contribution in [3.63, 3.8) is 0 Å². The van der Waals surface area contributed by atoms with Crippen LogP contribution in [0.25, 0.3) is 0 Å². The normalized spacial score (nSPS) is 22.0. The molecule has 1 atom stereocenters. The maximum absolute atomic E-state index is 2.40. The molecule has 0 radical (unpaired) electrons. The Balaban J connectivity index is 2.40. The summed E-state index contributed by atoms with van der Waals surface area (Å²) in [6.45, 7) is 7.13. The van der Waals surface area contributed by atoms with E-state index in [4.69, 9.17) is 0 Å². The van der Waals surface area contributed by atoms with E-state index in [9.17, 15) is 0 Å². The third-order valence-electron chi connectivity index (χ3n) is 3.48. The monoisotopic (exact) mass is 168 g/mol. The van der Waals surface area contributed by atoms with Crippen LogP contribution in [0.2, 0.25) is 0 Å². The van der Waals surface area contributed by atoms with Crippen LogP contribution in [0.3, 0.4) is 0 Å². The summed E-state index contributed by atoms with van der Waals surface area (Å²) in [5.74, 6) is 3.01. The van der Waals surface area contributed by atoms with Crippen molar-refractivity contribution in [1.82, 2.24) is 0 Å². The number of hydrogen-bond donors (Lipinski definition) is 0. The van der Waals surface area contributed by atoms with Crippen molar-refractivity contribution in [2.45, 2.75) is 59.3 Å².